The Morgan fingerprint density at radius 3 is 2.27 bits per heavy atom. The molecule has 2 aromatic rings. The van der Waals surface area contributed by atoms with Gasteiger partial charge in [0.15, 0.2) is 0 Å². The summed E-state index contributed by atoms with van der Waals surface area (Å²) in [7, 11) is 3.95. The van der Waals surface area contributed by atoms with Crippen molar-refractivity contribution in [2.24, 2.45) is 0 Å². The van der Waals surface area contributed by atoms with Gasteiger partial charge in [-0.3, -0.25) is 4.79 Å². The van der Waals surface area contributed by atoms with Crippen LogP contribution in [0.15, 0.2) is 42.5 Å². The van der Waals surface area contributed by atoms with Crippen molar-refractivity contribution in [3.8, 4) is 0 Å². The molecule has 0 radical (unpaired) electrons. The normalized spacial score (nSPS) is 21.2. The Hall–Kier alpha value is -2.49. The van der Waals surface area contributed by atoms with Gasteiger partial charge in [0.25, 0.3) is 0 Å². The molecule has 0 aromatic heterocycles. The smallest absolute Gasteiger partial charge is 0.224 e. The van der Waals surface area contributed by atoms with Gasteiger partial charge in [-0.05, 0) is 43.5 Å². The second kappa shape index (κ2) is 6.04. The minimum atomic E-state index is -0.302. The summed E-state index contributed by atoms with van der Waals surface area (Å²) in [6.07, 6.45) is 0.831. The van der Waals surface area contributed by atoms with E-state index in [1.54, 1.807) is 6.92 Å². The first-order chi connectivity index (χ1) is 12.1. The number of fused-ring (bicyclic) bond motifs is 1. The SMILES string of the molecule is CC(=O)N1c2cc(N(C)C)c(N)cc2C(C)(c2ccccc2)CC1(C)C. The molecule has 1 atom stereocenters. The van der Waals surface area contributed by atoms with E-state index in [4.69, 9.17) is 5.73 Å². The van der Waals surface area contributed by atoms with Crippen molar-refractivity contribution in [2.75, 3.05) is 29.6 Å². The quantitative estimate of drug-likeness (QED) is 0.826. The average molecular weight is 351 g/mol. The monoisotopic (exact) mass is 351 g/mol. The van der Waals surface area contributed by atoms with Gasteiger partial charge in [-0.25, -0.2) is 0 Å². The minimum Gasteiger partial charge on any atom is -0.397 e. The van der Waals surface area contributed by atoms with Crippen molar-refractivity contribution < 1.29 is 4.79 Å². The fourth-order valence-corrected chi connectivity index (χ4v) is 4.63. The van der Waals surface area contributed by atoms with Crippen molar-refractivity contribution >= 4 is 23.0 Å². The number of hydrogen-bond donors (Lipinski definition) is 1. The first kappa shape index (κ1) is 18.3. The molecular formula is C22H29N3O. The number of carbonyl (C=O) groups excluding carboxylic acids is 1. The molecule has 1 unspecified atom stereocenters. The summed E-state index contributed by atoms with van der Waals surface area (Å²) in [5.74, 6) is 0.0563. The number of amides is 1. The van der Waals surface area contributed by atoms with Crippen molar-refractivity contribution in [1.29, 1.82) is 0 Å². The number of nitrogens with zero attached hydrogens (tertiary/aromatic N) is 2. The highest BCUT2D eigenvalue weighted by atomic mass is 16.2. The molecule has 4 heteroatoms. The first-order valence-electron chi connectivity index (χ1n) is 9.05. The third-order valence-corrected chi connectivity index (χ3v) is 5.58. The zero-order valence-corrected chi connectivity index (χ0v) is 16.6. The standard InChI is InChI=1S/C22H29N3O/c1-15(26)25-19-13-20(24(5)6)18(23)12-17(19)22(4,14-21(25,2)3)16-10-8-7-9-11-16/h7-13H,14,23H2,1-6H3. The van der Waals surface area contributed by atoms with Crippen LogP contribution >= 0.6 is 0 Å². The van der Waals surface area contributed by atoms with Crippen LogP contribution in [0.3, 0.4) is 0 Å². The van der Waals surface area contributed by atoms with E-state index in [0.717, 1.165) is 29.0 Å². The second-order valence-corrected chi connectivity index (χ2v) is 8.36. The number of nitrogen functional groups attached to an aromatic ring is 1. The van der Waals surface area contributed by atoms with E-state index < -0.39 is 0 Å². The first-order valence-corrected chi connectivity index (χ1v) is 9.05. The fraction of sp³-hybridized carbons (Fsp3) is 0.409. The van der Waals surface area contributed by atoms with Crippen molar-refractivity contribution in [2.45, 2.75) is 45.1 Å². The highest BCUT2D eigenvalue weighted by Gasteiger charge is 2.47. The van der Waals surface area contributed by atoms with E-state index in [-0.39, 0.29) is 16.9 Å². The Balaban J connectivity index is 2.35. The van der Waals surface area contributed by atoms with Gasteiger partial charge in [0.2, 0.25) is 5.91 Å². The Bertz CT molecular complexity index is 842. The van der Waals surface area contributed by atoms with Crippen LogP contribution in [-0.2, 0) is 10.2 Å². The molecule has 4 nitrogen and oxygen atoms in total. The number of anilines is 3. The number of carbonyl (C=O) groups is 1. The summed E-state index contributed by atoms with van der Waals surface area (Å²) < 4.78 is 0. The van der Waals surface area contributed by atoms with E-state index in [1.165, 1.54) is 5.56 Å². The summed E-state index contributed by atoms with van der Waals surface area (Å²) >= 11 is 0. The lowest BCUT2D eigenvalue weighted by atomic mass is 9.65. The van der Waals surface area contributed by atoms with Gasteiger partial charge in [0, 0.05) is 32.0 Å². The molecule has 0 saturated carbocycles. The van der Waals surface area contributed by atoms with Crippen LogP contribution in [-0.4, -0.2) is 25.5 Å². The maximum absolute atomic E-state index is 12.6. The highest BCUT2D eigenvalue weighted by molar-refractivity contribution is 5.97. The second-order valence-electron chi connectivity index (χ2n) is 8.36. The minimum absolute atomic E-state index is 0.0563. The lowest BCUT2D eigenvalue weighted by Crippen LogP contribution is -2.55. The topological polar surface area (TPSA) is 49.6 Å². The van der Waals surface area contributed by atoms with E-state index >= 15 is 0 Å². The van der Waals surface area contributed by atoms with Crippen LogP contribution in [0.25, 0.3) is 0 Å². The zero-order chi connectivity index (χ0) is 19.3. The largest absolute Gasteiger partial charge is 0.397 e. The maximum atomic E-state index is 12.6. The Kier molecular flexibility index (Phi) is 4.26. The van der Waals surface area contributed by atoms with Crippen molar-refractivity contribution in [3.63, 3.8) is 0 Å². The van der Waals surface area contributed by atoms with Gasteiger partial charge in [-0.15, -0.1) is 0 Å². The van der Waals surface area contributed by atoms with E-state index in [9.17, 15) is 4.79 Å². The van der Waals surface area contributed by atoms with Crippen LogP contribution in [0, 0.1) is 0 Å². The summed E-state index contributed by atoms with van der Waals surface area (Å²) in [5, 5.41) is 0. The molecule has 3 rings (SSSR count). The van der Waals surface area contributed by atoms with Gasteiger partial charge in [-0.1, -0.05) is 37.3 Å². The third-order valence-electron chi connectivity index (χ3n) is 5.58. The summed E-state index contributed by atoms with van der Waals surface area (Å²) in [5.41, 5.74) is 10.9. The van der Waals surface area contributed by atoms with Gasteiger partial charge in [0.05, 0.1) is 17.1 Å². The van der Waals surface area contributed by atoms with Gasteiger partial charge < -0.3 is 15.5 Å². The number of nitrogens with two attached hydrogens (primary N) is 1. The maximum Gasteiger partial charge on any atom is 0.224 e. The Morgan fingerprint density at radius 1 is 1.12 bits per heavy atom. The highest BCUT2D eigenvalue weighted by Crippen LogP contribution is 2.52. The van der Waals surface area contributed by atoms with Crippen LogP contribution in [0.5, 0.6) is 0 Å². The van der Waals surface area contributed by atoms with Crippen LogP contribution in [0.2, 0.25) is 0 Å². The van der Waals surface area contributed by atoms with E-state index in [2.05, 4.69) is 57.2 Å². The molecular weight excluding hydrogens is 322 g/mol. The number of hydrogen-bond acceptors (Lipinski definition) is 3. The van der Waals surface area contributed by atoms with E-state index in [0.29, 0.717) is 0 Å². The molecule has 0 fully saturated rings. The molecule has 1 heterocycles. The van der Waals surface area contributed by atoms with Crippen molar-refractivity contribution in [3.05, 3.63) is 53.6 Å². The lowest BCUT2D eigenvalue weighted by Gasteiger charge is -2.51. The molecule has 138 valence electrons. The number of rotatable bonds is 2. The van der Waals surface area contributed by atoms with Gasteiger partial charge in [-0.2, -0.15) is 0 Å². The summed E-state index contributed by atoms with van der Waals surface area (Å²) in [6.45, 7) is 8.19. The molecule has 0 aliphatic carbocycles. The van der Waals surface area contributed by atoms with Crippen LogP contribution in [0.4, 0.5) is 17.1 Å². The Morgan fingerprint density at radius 2 is 1.73 bits per heavy atom. The molecule has 1 aliphatic rings. The Labute approximate surface area is 156 Å². The van der Waals surface area contributed by atoms with E-state index in [1.807, 2.05) is 30.0 Å². The predicted octanol–water partition coefficient (Wildman–Crippen LogP) is 4.18. The third kappa shape index (κ3) is 2.74. The molecule has 1 aliphatic heterocycles. The van der Waals surface area contributed by atoms with Gasteiger partial charge in [0.1, 0.15) is 0 Å². The summed E-state index contributed by atoms with van der Waals surface area (Å²) in [4.78, 5) is 16.5. The molecule has 26 heavy (non-hydrogen) atoms. The zero-order valence-electron chi connectivity index (χ0n) is 16.6. The molecule has 0 bridgehead atoms. The van der Waals surface area contributed by atoms with Crippen molar-refractivity contribution in [1.82, 2.24) is 0 Å². The van der Waals surface area contributed by atoms with Crippen LogP contribution in [0.1, 0.15) is 45.2 Å². The summed E-state index contributed by atoms with van der Waals surface area (Å²) in [6, 6.07) is 14.6. The lowest BCUT2D eigenvalue weighted by molar-refractivity contribution is -0.117. The fourth-order valence-electron chi connectivity index (χ4n) is 4.63. The molecule has 0 saturated heterocycles. The molecule has 0 spiro atoms. The average Bonchev–Trinajstić information content (AvgIpc) is 2.54. The molecule has 2 N–H and O–H groups in total. The van der Waals surface area contributed by atoms with Gasteiger partial charge >= 0.3 is 0 Å². The molecule has 1 amide bonds. The number of benzene rings is 2. The van der Waals surface area contributed by atoms with Crippen LogP contribution < -0.4 is 15.5 Å². The molecule has 2 aromatic carbocycles. The predicted molar refractivity (Wildman–Crippen MR) is 110 cm³/mol.